The number of aliphatic hydroxyl groups is 1. The SMILES string of the molecule is C/C=C\C(C)=C\C(C)c1c(C)c(O)c(CO)c(C)c1O. The quantitative estimate of drug-likeness (QED) is 0.578. The van der Waals surface area contributed by atoms with Gasteiger partial charge in [0, 0.05) is 22.6 Å². The summed E-state index contributed by atoms with van der Waals surface area (Å²) in [6, 6.07) is 0. The van der Waals surface area contributed by atoms with Crippen molar-refractivity contribution in [2.24, 2.45) is 0 Å². The fourth-order valence-corrected chi connectivity index (χ4v) is 2.60. The largest absolute Gasteiger partial charge is 0.507 e. The van der Waals surface area contributed by atoms with Crippen molar-refractivity contribution in [3.63, 3.8) is 0 Å². The van der Waals surface area contributed by atoms with E-state index in [4.69, 9.17) is 0 Å². The van der Waals surface area contributed by atoms with Gasteiger partial charge in [0.1, 0.15) is 11.5 Å². The van der Waals surface area contributed by atoms with Gasteiger partial charge >= 0.3 is 0 Å². The van der Waals surface area contributed by atoms with Crippen LogP contribution in [0.25, 0.3) is 0 Å². The van der Waals surface area contributed by atoms with Crippen LogP contribution in [0.4, 0.5) is 0 Å². The van der Waals surface area contributed by atoms with Crippen molar-refractivity contribution in [2.75, 3.05) is 0 Å². The van der Waals surface area contributed by atoms with Crippen molar-refractivity contribution in [1.29, 1.82) is 0 Å². The summed E-state index contributed by atoms with van der Waals surface area (Å²) in [5, 5.41) is 29.8. The van der Waals surface area contributed by atoms with Crippen LogP contribution in [-0.2, 0) is 6.61 Å². The second-order valence-corrected chi connectivity index (χ2v) is 5.20. The maximum atomic E-state index is 10.4. The molecule has 110 valence electrons. The van der Waals surface area contributed by atoms with Crippen LogP contribution in [0.5, 0.6) is 11.5 Å². The molecule has 3 heteroatoms. The van der Waals surface area contributed by atoms with Gasteiger partial charge in [-0.3, -0.25) is 0 Å². The summed E-state index contributed by atoms with van der Waals surface area (Å²) in [7, 11) is 0. The van der Waals surface area contributed by atoms with Crippen LogP contribution in [0, 0.1) is 13.8 Å². The zero-order valence-corrected chi connectivity index (χ0v) is 12.9. The summed E-state index contributed by atoms with van der Waals surface area (Å²) in [6.45, 7) is 9.12. The first-order chi connectivity index (χ1) is 9.34. The van der Waals surface area contributed by atoms with E-state index in [1.807, 2.05) is 39.0 Å². The lowest BCUT2D eigenvalue weighted by molar-refractivity contribution is 0.273. The van der Waals surface area contributed by atoms with Crippen LogP contribution in [0.3, 0.4) is 0 Å². The summed E-state index contributed by atoms with van der Waals surface area (Å²) >= 11 is 0. The Morgan fingerprint density at radius 3 is 2.25 bits per heavy atom. The van der Waals surface area contributed by atoms with Crippen LogP contribution in [0.15, 0.2) is 23.8 Å². The lowest BCUT2D eigenvalue weighted by Crippen LogP contribution is -2.02. The van der Waals surface area contributed by atoms with Crippen molar-refractivity contribution in [3.8, 4) is 11.5 Å². The molecular formula is C17H24O3. The third-order valence-corrected chi connectivity index (χ3v) is 3.66. The van der Waals surface area contributed by atoms with Gasteiger partial charge in [-0.05, 0) is 33.3 Å². The number of hydrogen-bond acceptors (Lipinski definition) is 3. The third-order valence-electron chi connectivity index (χ3n) is 3.66. The maximum absolute atomic E-state index is 10.4. The maximum Gasteiger partial charge on any atom is 0.124 e. The van der Waals surface area contributed by atoms with Crippen molar-refractivity contribution in [3.05, 3.63) is 46.1 Å². The molecule has 1 atom stereocenters. The van der Waals surface area contributed by atoms with Gasteiger partial charge in [-0.2, -0.15) is 0 Å². The highest BCUT2D eigenvalue weighted by Crippen LogP contribution is 2.41. The zero-order valence-electron chi connectivity index (χ0n) is 12.9. The van der Waals surface area contributed by atoms with Gasteiger partial charge < -0.3 is 15.3 Å². The van der Waals surface area contributed by atoms with Crippen LogP contribution in [-0.4, -0.2) is 15.3 Å². The number of aliphatic hydroxyl groups excluding tert-OH is 1. The number of aromatic hydroxyl groups is 2. The molecule has 0 heterocycles. The summed E-state index contributed by atoms with van der Waals surface area (Å²) < 4.78 is 0. The molecule has 0 aromatic heterocycles. The Morgan fingerprint density at radius 1 is 1.15 bits per heavy atom. The Kier molecular flexibility index (Phi) is 5.40. The van der Waals surface area contributed by atoms with Crippen molar-refractivity contribution in [2.45, 2.75) is 47.1 Å². The van der Waals surface area contributed by atoms with Gasteiger partial charge in [-0.15, -0.1) is 0 Å². The molecule has 1 aromatic rings. The monoisotopic (exact) mass is 276 g/mol. The topological polar surface area (TPSA) is 60.7 Å². The minimum absolute atomic E-state index is 0.0245. The first kappa shape index (κ1) is 16.3. The number of phenols is 2. The van der Waals surface area contributed by atoms with Gasteiger partial charge in [-0.1, -0.05) is 30.7 Å². The van der Waals surface area contributed by atoms with Crippen LogP contribution in [0.2, 0.25) is 0 Å². The van der Waals surface area contributed by atoms with Crippen LogP contribution >= 0.6 is 0 Å². The summed E-state index contributed by atoms with van der Waals surface area (Å²) in [5.41, 5.74) is 3.36. The molecule has 0 amide bonds. The smallest absolute Gasteiger partial charge is 0.124 e. The number of allylic oxidation sites excluding steroid dienone is 4. The number of rotatable bonds is 4. The predicted molar refractivity (Wildman–Crippen MR) is 82.2 cm³/mol. The molecule has 3 nitrogen and oxygen atoms in total. The molecule has 1 rings (SSSR count). The van der Waals surface area contributed by atoms with E-state index in [0.29, 0.717) is 22.3 Å². The Bertz CT molecular complexity index is 525. The minimum atomic E-state index is -0.284. The van der Waals surface area contributed by atoms with E-state index in [1.165, 1.54) is 0 Å². The molecule has 1 unspecified atom stereocenters. The van der Waals surface area contributed by atoms with Crippen molar-refractivity contribution in [1.82, 2.24) is 0 Å². The highest BCUT2D eigenvalue weighted by molar-refractivity contribution is 5.59. The summed E-state index contributed by atoms with van der Waals surface area (Å²) in [5.74, 6) is 0.201. The third kappa shape index (κ3) is 3.05. The average Bonchev–Trinajstić information content (AvgIpc) is 2.37. The molecule has 0 aliphatic heterocycles. The molecule has 1 aromatic carbocycles. The molecule has 3 N–H and O–H groups in total. The average molecular weight is 276 g/mol. The second-order valence-electron chi connectivity index (χ2n) is 5.20. The molecule has 0 aliphatic rings. The molecule has 0 saturated heterocycles. The number of hydrogen-bond donors (Lipinski definition) is 3. The van der Waals surface area contributed by atoms with E-state index in [1.54, 1.807) is 13.8 Å². The van der Waals surface area contributed by atoms with E-state index in [9.17, 15) is 15.3 Å². The van der Waals surface area contributed by atoms with E-state index in [2.05, 4.69) is 0 Å². The van der Waals surface area contributed by atoms with Gasteiger partial charge in [0.05, 0.1) is 6.61 Å². The van der Waals surface area contributed by atoms with Crippen molar-refractivity contribution >= 4 is 0 Å². The number of phenolic OH excluding ortho intramolecular Hbond substituents is 1. The van der Waals surface area contributed by atoms with E-state index in [-0.39, 0.29) is 24.0 Å². The fraction of sp³-hybridized carbons (Fsp3) is 0.412. The first-order valence-electron chi connectivity index (χ1n) is 6.80. The molecular weight excluding hydrogens is 252 g/mol. The minimum Gasteiger partial charge on any atom is -0.507 e. The summed E-state index contributed by atoms with van der Waals surface area (Å²) in [4.78, 5) is 0. The lowest BCUT2D eigenvalue weighted by atomic mass is 9.88. The molecule has 0 aliphatic carbocycles. The Hall–Kier alpha value is -1.74. The van der Waals surface area contributed by atoms with Gasteiger partial charge in [0.15, 0.2) is 0 Å². The molecule has 0 spiro atoms. The molecule has 0 bridgehead atoms. The standard InChI is InChI=1S/C17H24O3/c1-6-7-10(2)8-11(3)15-13(5)16(19)14(9-18)12(4)17(15)20/h6-8,11,18-20H,9H2,1-5H3/b7-6-,10-8+. The van der Waals surface area contributed by atoms with Crippen molar-refractivity contribution < 1.29 is 15.3 Å². The van der Waals surface area contributed by atoms with E-state index in [0.717, 1.165) is 5.57 Å². The van der Waals surface area contributed by atoms with E-state index < -0.39 is 0 Å². The van der Waals surface area contributed by atoms with Gasteiger partial charge in [-0.25, -0.2) is 0 Å². The van der Waals surface area contributed by atoms with Crippen LogP contribution in [0.1, 0.15) is 48.9 Å². The zero-order chi connectivity index (χ0) is 15.4. The summed E-state index contributed by atoms with van der Waals surface area (Å²) in [6.07, 6.45) is 6.00. The van der Waals surface area contributed by atoms with E-state index >= 15 is 0 Å². The predicted octanol–water partition coefficient (Wildman–Crippen LogP) is 3.83. The first-order valence-corrected chi connectivity index (χ1v) is 6.80. The molecule has 0 saturated carbocycles. The van der Waals surface area contributed by atoms with Gasteiger partial charge in [0.25, 0.3) is 0 Å². The molecule has 0 radical (unpaired) electrons. The van der Waals surface area contributed by atoms with Crippen LogP contribution < -0.4 is 0 Å². The number of benzene rings is 1. The Balaban J connectivity index is 3.43. The lowest BCUT2D eigenvalue weighted by Gasteiger charge is -2.20. The Morgan fingerprint density at radius 2 is 1.75 bits per heavy atom. The fourth-order valence-electron chi connectivity index (χ4n) is 2.60. The molecule has 0 fully saturated rings. The van der Waals surface area contributed by atoms with Gasteiger partial charge in [0.2, 0.25) is 0 Å². The Labute approximate surface area is 120 Å². The highest BCUT2D eigenvalue weighted by atomic mass is 16.3. The second kappa shape index (κ2) is 6.62. The molecule has 20 heavy (non-hydrogen) atoms. The highest BCUT2D eigenvalue weighted by Gasteiger charge is 2.21. The normalized spacial score (nSPS) is 14.0.